The zero-order chi connectivity index (χ0) is 25.0. The minimum Gasteiger partial charge on any atom is -0.493 e. The lowest BCUT2D eigenvalue weighted by Crippen LogP contribution is -2.48. The van der Waals surface area contributed by atoms with Gasteiger partial charge in [0.15, 0.2) is 11.5 Å². The average Bonchev–Trinajstić information content (AvgIpc) is 2.82. The summed E-state index contributed by atoms with van der Waals surface area (Å²) in [5, 5.41) is 0. The molecule has 0 N–H and O–H groups in total. The Labute approximate surface area is 196 Å². The molecule has 0 bridgehead atoms. The molecule has 1 amide bonds. The van der Waals surface area contributed by atoms with Crippen LogP contribution >= 0.6 is 0 Å². The first kappa shape index (κ1) is 25.4. The van der Waals surface area contributed by atoms with Gasteiger partial charge >= 0.3 is 12.1 Å². The molecule has 0 aromatic heterocycles. The Kier molecular flexibility index (Phi) is 7.71. The number of amides is 1. The Morgan fingerprint density at radius 3 is 2.24 bits per heavy atom. The lowest BCUT2D eigenvalue weighted by Gasteiger charge is -2.35. The predicted octanol–water partition coefficient (Wildman–Crippen LogP) is 3.78. The normalized spacial score (nSPS) is 14.6. The maximum Gasteiger partial charge on any atom is 0.416 e. The molecule has 1 saturated heterocycles. The van der Waals surface area contributed by atoms with Gasteiger partial charge in [-0.05, 0) is 24.6 Å². The molecule has 1 heterocycles. The summed E-state index contributed by atoms with van der Waals surface area (Å²) in [7, 11) is 4.11. The van der Waals surface area contributed by atoms with E-state index in [-0.39, 0.29) is 17.0 Å². The quantitative estimate of drug-likeness (QED) is 0.587. The SMILES string of the molecule is COC(=O)c1cc(OC)c(OC)c(C)c1C(=O)N1CCN(Cc2cccc(C(F)(F)F)c2)CC1. The van der Waals surface area contributed by atoms with E-state index in [0.29, 0.717) is 55.3 Å². The highest BCUT2D eigenvalue weighted by Crippen LogP contribution is 2.36. The molecule has 2 aromatic rings. The van der Waals surface area contributed by atoms with Crippen LogP contribution in [-0.2, 0) is 17.5 Å². The van der Waals surface area contributed by atoms with E-state index in [1.54, 1.807) is 17.9 Å². The van der Waals surface area contributed by atoms with Crippen molar-refractivity contribution in [1.82, 2.24) is 9.80 Å². The van der Waals surface area contributed by atoms with Gasteiger partial charge in [0.25, 0.3) is 5.91 Å². The van der Waals surface area contributed by atoms with Crippen molar-refractivity contribution in [3.05, 3.63) is 58.1 Å². The minimum absolute atomic E-state index is 0.0778. The van der Waals surface area contributed by atoms with Gasteiger partial charge in [0.05, 0.1) is 38.0 Å². The predicted molar refractivity (Wildman–Crippen MR) is 118 cm³/mol. The Morgan fingerprint density at radius 2 is 1.68 bits per heavy atom. The van der Waals surface area contributed by atoms with Gasteiger partial charge in [0, 0.05) is 38.3 Å². The fraction of sp³-hybridized carbons (Fsp3) is 0.417. The molecule has 1 aliphatic rings. The number of carbonyl (C=O) groups excluding carboxylic acids is 2. The first-order valence-electron chi connectivity index (χ1n) is 10.6. The number of alkyl halides is 3. The molecule has 184 valence electrons. The Hall–Kier alpha value is -3.27. The van der Waals surface area contributed by atoms with Crippen LogP contribution in [0.25, 0.3) is 0 Å². The second-order valence-corrected chi connectivity index (χ2v) is 7.92. The van der Waals surface area contributed by atoms with Crippen LogP contribution in [0.3, 0.4) is 0 Å². The highest BCUT2D eigenvalue weighted by Gasteiger charge is 2.32. The summed E-state index contributed by atoms with van der Waals surface area (Å²) in [5.74, 6) is -0.363. The fourth-order valence-corrected chi connectivity index (χ4v) is 4.09. The number of hydrogen-bond donors (Lipinski definition) is 0. The van der Waals surface area contributed by atoms with Crippen molar-refractivity contribution in [2.75, 3.05) is 47.5 Å². The van der Waals surface area contributed by atoms with E-state index in [1.165, 1.54) is 33.5 Å². The summed E-state index contributed by atoms with van der Waals surface area (Å²) in [6.07, 6.45) is -4.39. The van der Waals surface area contributed by atoms with Crippen molar-refractivity contribution >= 4 is 11.9 Å². The maximum atomic E-state index is 13.4. The van der Waals surface area contributed by atoms with Crippen LogP contribution in [0.2, 0.25) is 0 Å². The third-order valence-corrected chi connectivity index (χ3v) is 5.85. The molecular weight excluding hydrogens is 453 g/mol. The van der Waals surface area contributed by atoms with Crippen LogP contribution < -0.4 is 9.47 Å². The van der Waals surface area contributed by atoms with E-state index in [9.17, 15) is 22.8 Å². The van der Waals surface area contributed by atoms with E-state index in [0.717, 1.165) is 12.1 Å². The van der Waals surface area contributed by atoms with Gasteiger partial charge in [0.1, 0.15) is 0 Å². The molecule has 2 aromatic carbocycles. The van der Waals surface area contributed by atoms with Crippen molar-refractivity contribution in [2.45, 2.75) is 19.6 Å². The standard InChI is InChI=1S/C24H27F3N2O5/c1-15-20(18(23(31)34-4)13-19(32-2)21(15)33-3)22(30)29-10-8-28(9-11-29)14-16-6-5-7-17(12-16)24(25,26)27/h5-7,12-13H,8-11,14H2,1-4H3. The van der Waals surface area contributed by atoms with E-state index < -0.39 is 17.7 Å². The number of benzene rings is 2. The Bertz CT molecular complexity index is 1060. The number of rotatable bonds is 6. The number of nitrogens with zero attached hydrogens (tertiary/aromatic N) is 2. The molecule has 34 heavy (non-hydrogen) atoms. The van der Waals surface area contributed by atoms with Crippen LogP contribution in [0.4, 0.5) is 13.2 Å². The molecule has 0 unspecified atom stereocenters. The van der Waals surface area contributed by atoms with Crippen LogP contribution in [-0.4, -0.2) is 69.2 Å². The molecule has 3 rings (SSSR count). The number of esters is 1. The Morgan fingerprint density at radius 1 is 1.00 bits per heavy atom. The van der Waals surface area contributed by atoms with Crippen molar-refractivity contribution in [1.29, 1.82) is 0 Å². The Balaban J connectivity index is 1.77. The number of hydrogen-bond acceptors (Lipinski definition) is 6. The molecule has 0 saturated carbocycles. The van der Waals surface area contributed by atoms with E-state index in [4.69, 9.17) is 14.2 Å². The van der Waals surface area contributed by atoms with Gasteiger partial charge in [-0.15, -0.1) is 0 Å². The van der Waals surface area contributed by atoms with E-state index in [1.807, 2.05) is 4.90 Å². The van der Waals surface area contributed by atoms with Gasteiger partial charge in [0.2, 0.25) is 0 Å². The van der Waals surface area contributed by atoms with Crippen LogP contribution in [0.15, 0.2) is 30.3 Å². The van der Waals surface area contributed by atoms with E-state index >= 15 is 0 Å². The highest BCUT2D eigenvalue weighted by atomic mass is 19.4. The molecule has 0 atom stereocenters. The number of halogens is 3. The largest absolute Gasteiger partial charge is 0.493 e. The fourth-order valence-electron chi connectivity index (χ4n) is 4.09. The first-order valence-corrected chi connectivity index (χ1v) is 10.6. The summed E-state index contributed by atoms with van der Waals surface area (Å²) in [6.45, 7) is 3.67. The number of methoxy groups -OCH3 is 3. The topological polar surface area (TPSA) is 68.3 Å². The molecule has 0 aliphatic carbocycles. The third kappa shape index (κ3) is 5.27. The number of ether oxygens (including phenoxy) is 3. The molecule has 0 radical (unpaired) electrons. The van der Waals surface area contributed by atoms with Gasteiger partial charge in [-0.3, -0.25) is 9.69 Å². The van der Waals surface area contributed by atoms with Crippen molar-refractivity contribution in [3.8, 4) is 11.5 Å². The minimum atomic E-state index is -4.39. The number of piperazine rings is 1. The zero-order valence-corrected chi connectivity index (χ0v) is 19.5. The molecule has 0 spiro atoms. The van der Waals surface area contributed by atoms with Crippen LogP contribution in [0, 0.1) is 6.92 Å². The monoisotopic (exact) mass is 480 g/mol. The summed E-state index contributed by atoms with van der Waals surface area (Å²) in [6, 6.07) is 6.67. The van der Waals surface area contributed by atoms with Gasteiger partial charge < -0.3 is 19.1 Å². The summed E-state index contributed by atoms with van der Waals surface area (Å²) < 4.78 is 54.5. The second kappa shape index (κ2) is 10.3. The third-order valence-electron chi connectivity index (χ3n) is 5.85. The molecular formula is C24H27F3N2O5. The van der Waals surface area contributed by atoms with Crippen LogP contribution in [0.1, 0.15) is 37.4 Å². The summed E-state index contributed by atoms with van der Waals surface area (Å²) >= 11 is 0. The van der Waals surface area contributed by atoms with Gasteiger partial charge in [-0.25, -0.2) is 4.79 Å². The average molecular weight is 480 g/mol. The molecule has 1 fully saturated rings. The summed E-state index contributed by atoms with van der Waals surface area (Å²) in [5.41, 5.74) is 0.583. The molecule has 10 heteroatoms. The second-order valence-electron chi connectivity index (χ2n) is 7.92. The van der Waals surface area contributed by atoms with Crippen LogP contribution in [0.5, 0.6) is 11.5 Å². The summed E-state index contributed by atoms with van der Waals surface area (Å²) in [4.78, 5) is 29.4. The zero-order valence-electron chi connectivity index (χ0n) is 19.5. The number of carbonyl (C=O) groups is 2. The van der Waals surface area contributed by atoms with Crippen molar-refractivity contribution < 1.29 is 37.0 Å². The van der Waals surface area contributed by atoms with E-state index in [2.05, 4.69) is 0 Å². The maximum absolute atomic E-state index is 13.4. The lowest BCUT2D eigenvalue weighted by atomic mass is 9.98. The first-order chi connectivity index (χ1) is 16.1. The molecule has 1 aliphatic heterocycles. The van der Waals surface area contributed by atoms with Gasteiger partial charge in [-0.2, -0.15) is 13.2 Å². The van der Waals surface area contributed by atoms with Crippen molar-refractivity contribution in [2.24, 2.45) is 0 Å². The van der Waals surface area contributed by atoms with Gasteiger partial charge in [-0.1, -0.05) is 18.2 Å². The smallest absolute Gasteiger partial charge is 0.416 e. The molecule has 7 nitrogen and oxygen atoms in total. The van der Waals surface area contributed by atoms with Crippen molar-refractivity contribution in [3.63, 3.8) is 0 Å². The highest BCUT2D eigenvalue weighted by molar-refractivity contribution is 6.07. The lowest BCUT2D eigenvalue weighted by molar-refractivity contribution is -0.137.